The van der Waals surface area contributed by atoms with E-state index in [0.717, 1.165) is 22.9 Å². The van der Waals surface area contributed by atoms with Gasteiger partial charge in [0.05, 0.1) is 39.0 Å². The van der Waals surface area contributed by atoms with Crippen LogP contribution in [0, 0.1) is 0 Å². The van der Waals surface area contributed by atoms with Crippen molar-refractivity contribution in [2.45, 2.75) is 13.3 Å². The van der Waals surface area contributed by atoms with Crippen LogP contribution in [-0.2, 0) is 11.2 Å². The minimum absolute atomic E-state index is 0.306. The number of H-pyrrole nitrogens is 1. The Balaban J connectivity index is 1.89. The second kappa shape index (κ2) is 9.82. The molecule has 2 aromatic carbocycles. The third-order valence-electron chi connectivity index (χ3n) is 4.80. The average Bonchev–Trinajstić information content (AvgIpc) is 2.78. The summed E-state index contributed by atoms with van der Waals surface area (Å²) in [6, 6.07) is 11.5. The van der Waals surface area contributed by atoms with E-state index >= 15 is 0 Å². The van der Waals surface area contributed by atoms with E-state index < -0.39 is 0 Å². The Morgan fingerprint density at radius 3 is 2.50 bits per heavy atom. The van der Waals surface area contributed by atoms with Gasteiger partial charge in [-0.1, -0.05) is 6.07 Å². The molecule has 0 unspecified atom stereocenters. The first-order valence-corrected chi connectivity index (χ1v) is 9.75. The lowest BCUT2D eigenvalue weighted by Gasteiger charge is -2.13. The molecule has 0 saturated heterocycles. The third kappa shape index (κ3) is 4.56. The molecule has 0 aliphatic carbocycles. The SMILES string of the molecule is CCOC(=O)c1c[nH+]c2ccc(OC)cc2c1NCCc1ccc(OC)c(OC)c1. The van der Waals surface area contributed by atoms with Gasteiger partial charge in [-0.3, -0.25) is 0 Å². The summed E-state index contributed by atoms with van der Waals surface area (Å²) in [5.41, 5.74) is 3.13. The van der Waals surface area contributed by atoms with Gasteiger partial charge in [0.25, 0.3) is 0 Å². The number of aromatic amines is 1. The van der Waals surface area contributed by atoms with Crippen LogP contribution < -0.4 is 24.5 Å². The molecule has 158 valence electrons. The van der Waals surface area contributed by atoms with Crippen molar-refractivity contribution in [1.29, 1.82) is 0 Å². The molecule has 1 aromatic heterocycles. The number of benzene rings is 2. The summed E-state index contributed by atoms with van der Waals surface area (Å²) in [6.45, 7) is 2.70. The molecule has 3 aromatic rings. The maximum atomic E-state index is 12.5. The van der Waals surface area contributed by atoms with Gasteiger partial charge in [-0.05, 0) is 43.2 Å². The quantitative estimate of drug-likeness (QED) is 0.543. The van der Waals surface area contributed by atoms with Crippen molar-refractivity contribution in [3.63, 3.8) is 0 Å². The minimum Gasteiger partial charge on any atom is -0.497 e. The van der Waals surface area contributed by atoms with Gasteiger partial charge in [0.15, 0.2) is 17.7 Å². The maximum absolute atomic E-state index is 12.5. The smallest absolute Gasteiger partial charge is 0.346 e. The van der Waals surface area contributed by atoms with Crippen LogP contribution in [0.1, 0.15) is 22.8 Å². The normalized spacial score (nSPS) is 10.5. The number of pyridine rings is 1. The van der Waals surface area contributed by atoms with E-state index in [0.29, 0.717) is 41.7 Å². The van der Waals surface area contributed by atoms with Crippen molar-refractivity contribution in [1.82, 2.24) is 0 Å². The average molecular weight is 411 g/mol. The third-order valence-corrected chi connectivity index (χ3v) is 4.80. The number of hydrogen-bond donors (Lipinski definition) is 1. The number of ether oxygens (including phenoxy) is 4. The molecule has 30 heavy (non-hydrogen) atoms. The number of rotatable bonds is 9. The molecule has 3 rings (SSSR count). The van der Waals surface area contributed by atoms with Crippen molar-refractivity contribution in [3.8, 4) is 17.2 Å². The van der Waals surface area contributed by atoms with Gasteiger partial charge >= 0.3 is 5.97 Å². The molecule has 0 amide bonds. The van der Waals surface area contributed by atoms with Crippen LogP contribution >= 0.6 is 0 Å². The Kier molecular flexibility index (Phi) is 6.95. The van der Waals surface area contributed by atoms with E-state index in [-0.39, 0.29) is 5.97 Å². The maximum Gasteiger partial charge on any atom is 0.346 e. The van der Waals surface area contributed by atoms with Crippen molar-refractivity contribution >= 4 is 22.6 Å². The number of fused-ring (bicyclic) bond motifs is 1. The molecule has 0 atom stereocenters. The van der Waals surface area contributed by atoms with Gasteiger partial charge in [0.2, 0.25) is 5.52 Å². The zero-order valence-corrected chi connectivity index (χ0v) is 17.7. The summed E-state index contributed by atoms with van der Waals surface area (Å²) in [5.74, 6) is 1.70. The number of carbonyl (C=O) groups excluding carboxylic acids is 1. The number of anilines is 1. The van der Waals surface area contributed by atoms with Gasteiger partial charge < -0.3 is 24.3 Å². The Morgan fingerprint density at radius 1 is 1.00 bits per heavy atom. The monoisotopic (exact) mass is 411 g/mol. The summed E-state index contributed by atoms with van der Waals surface area (Å²) in [4.78, 5) is 15.7. The first-order valence-electron chi connectivity index (χ1n) is 9.75. The van der Waals surface area contributed by atoms with Crippen molar-refractivity contribution in [3.05, 3.63) is 53.7 Å². The molecule has 0 fully saturated rings. The van der Waals surface area contributed by atoms with Gasteiger partial charge in [0, 0.05) is 12.6 Å². The second-order valence-corrected chi connectivity index (χ2v) is 6.58. The first kappa shape index (κ1) is 21.2. The second-order valence-electron chi connectivity index (χ2n) is 6.58. The molecular weight excluding hydrogens is 384 g/mol. The van der Waals surface area contributed by atoms with E-state index in [4.69, 9.17) is 18.9 Å². The van der Waals surface area contributed by atoms with Gasteiger partial charge in [-0.2, -0.15) is 0 Å². The lowest BCUT2D eigenvalue weighted by atomic mass is 10.1. The fourth-order valence-electron chi connectivity index (χ4n) is 3.28. The molecule has 0 spiro atoms. The highest BCUT2D eigenvalue weighted by molar-refractivity contribution is 6.04. The Bertz CT molecular complexity index is 1040. The minimum atomic E-state index is -0.382. The molecule has 2 N–H and O–H groups in total. The fourth-order valence-corrected chi connectivity index (χ4v) is 3.28. The highest BCUT2D eigenvalue weighted by Crippen LogP contribution is 2.30. The first-order chi connectivity index (χ1) is 14.6. The van der Waals surface area contributed by atoms with Crippen LogP contribution in [0.3, 0.4) is 0 Å². The Labute approximate surface area is 175 Å². The molecule has 0 bridgehead atoms. The highest BCUT2D eigenvalue weighted by atomic mass is 16.5. The van der Waals surface area contributed by atoms with Crippen LogP contribution in [-0.4, -0.2) is 40.5 Å². The number of methoxy groups -OCH3 is 3. The number of hydrogen-bond acceptors (Lipinski definition) is 6. The molecule has 0 aliphatic heterocycles. The van der Waals surface area contributed by atoms with E-state index in [2.05, 4.69) is 10.3 Å². The molecule has 1 heterocycles. The topological polar surface area (TPSA) is 80.2 Å². The van der Waals surface area contributed by atoms with Crippen LogP contribution in [0.5, 0.6) is 17.2 Å². The van der Waals surface area contributed by atoms with Gasteiger partial charge in [-0.15, -0.1) is 0 Å². The lowest BCUT2D eigenvalue weighted by molar-refractivity contribution is -0.344. The molecule has 0 aliphatic rings. The lowest BCUT2D eigenvalue weighted by Crippen LogP contribution is -2.17. The summed E-state index contributed by atoms with van der Waals surface area (Å²) in [7, 11) is 4.84. The van der Waals surface area contributed by atoms with E-state index in [9.17, 15) is 4.79 Å². The predicted octanol–water partition coefficient (Wildman–Crippen LogP) is 3.51. The summed E-state index contributed by atoms with van der Waals surface area (Å²) in [5, 5.41) is 4.27. The summed E-state index contributed by atoms with van der Waals surface area (Å²) >= 11 is 0. The Hall–Kier alpha value is -3.48. The van der Waals surface area contributed by atoms with Crippen LogP contribution in [0.4, 0.5) is 5.69 Å². The zero-order valence-electron chi connectivity index (χ0n) is 17.7. The van der Waals surface area contributed by atoms with E-state index in [1.54, 1.807) is 34.4 Å². The van der Waals surface area contributed by atoms with Gasteiger partial charge in [-0.25, -0.2) is 9.78 Å². The van der Waals surface area contributed by atoms with Gasteiger partial charge in [0.1, 0.15) is 11.3 Å². The number of carbonyl (C=O) groups is 1. The van der Waals surface area contributed by atoms with Crippen LogP contribution in [0.2, 0.25) is 0 Å². The standard InChI is InChI=1S/C23H26N2O5/c1-5-30-23(26)18-14-25-19-8-7-16(27-2)13-17(19)22(18)24-11-10-15-6-9-20(28-3)21(12-15)29-4/h6-9,12-14H,5,10-11H2,1-4H3,(H,24,25)/p+1. The fraction of sp³-hybridized carbons (Fsp3) is 0.304. The van der Waals surface area contributed by atoms with E-state index in [1.165, 1.54) is 0 Å². The largest absolute Gasteiger partial charge is 0.497 e. The van der Waals surface area contributed by atoms with E-state index in [1.807, 2.05) is 36.4 Å². The number of esters is 1. The summed E-state index contributed by atoms with van der Waals surface area (Å²) in [6.07, 6.45) is 2.40. The summed E-state index contributed by atoms with van der Waals surface area (Å²) < 4.78 is 21.3. The highest BCUT2D eigenvalue weighted by Gasteiger charge is 2.20. The molecule has 0 saturated carbocycles. The molecule has 7 heteroatoms. The van der Waals surface area contributed by atoms with Crippen LogP contribution in [0.15, 0.2) is 42.6 Å². The molecule has 7 nitrogen and oxygen atoms in total. The molecular formula is C23H27N2O5+. The van der Waals surface area contributed by atoms with Crippen molar-refractivity contribution < 1.29 is 28.7 Å². The van der Waals surface area contributed by atoms with Crippen LogP contribution in [0.25, 0.3) is 10.9 Å². The number of nitrogens with one attached hydrogen (secondary N) is 2. The Morgan fingerprint density at radius 2 is 1.80 bits per heavy atom. The predicted molar refractivity (Wildman–Crippen MR) is 115 cm³/mol. The zero-order chi connectivity index (χ0) is 21.5. The number of aromatic nitrogens is 1. The van der Waals surface area contributed by atoms with Crippen molar-refractivity contribution in [2.75, 3.05) is 39.8 Å². The van der Waals surface area contributed by atoms with Crippen molar-refractivity contribution in [2.24, 2.45) is 0 Å². The molecule has 0 radical (unpaired) electrons.